The van der Waals surface area contributed by atoms with Gasteiger partial charge in [-0.25, -0.2) is 0 Å². The Hall–Kier alpha value is -0.820. The van der Waals surface area contributed by atoms with Gasteiger partial charge < -0.3 is 5.11 Å². The van der Waals surface area contributed by atoms with E-state index in [0.29, 0.717) is 0 Å². The van der Waals surface area contributed by atoms with Crippen LogP contribution in [0.25, 0.3) is 0 Å². The third kappa shape index (κ3) is 2.30. The highest BCUT2D eigenvalue weighted by atomic mass is 16.3. The molecule has 1 N–H and O–H groups in total. The SMILES string of the molecule is CCCC(C)(O)c1ccc2c(c1)CCCC2. The van der Waals surface area contributed by atoms with Crippen molar-refractivity contribution in [3.05, 3.63) is 34.9 Å². The van der Waals surface area contributed by atoms with Crippen LogP contribution in [0.15, 0.2) is 18.2 Å². The third-order valence-electron chi connectivity index (χ3n) is 3.71. The van der Waals surface area contributed by atoms with Crippen LogP contribution in [-0.4, -0.2) is 5.11 Å². The van der Waals surface area contributed by atoms with Crippen LogP contribution >= 0.6 is 0 Å². The molecule has 2 rings (SSSR count). The van der Waals surface area contributed by atoms with Gasteiger partial charge >= 0.3 is 0 Å². The smallest absolute Gasteiger partial charge is 0.0868 e. The molecule has 1 aromatic rings. The Labute approximate surface area is 98.5 Å². The van der Waals surface area contributed by atoms with Crippen LogP contribution in [0.4, 0.5) is 0 Å². The summed E-state index contributed by atoms with van der Waals surface area (Å²) >= 11 is 0. The summed E-state index contributed by atoms with van der Waals surface area (Å²) in [5, 5.41) is 10.4. The Kier molecular flexibility index (Phi) is 3.34. The largest absolute Gasteiger partial charge is 0.385 e. The fourth-order valence-electron chi connectivity index (χ4n) is 2.70. The Bertz CT molecular complexity index is 366. The van der Waals surface area contributed by atoms with Gasteiger partial charge in [-0.1, -0.05) is 31.5 Å². The van der Waals surface area contributed by atoms with E-state index in [9.17, 15) is 5.11 Å². The summed E-state index contributed by atoms with van der Waals surface area (Å²) in [5.41, 5.74) is 3.39. The van der Waals surface area contributed by atoms with E-state index in [0.717, 1.165) is 18.4 Å². The van der Waals surface area contributed by atoms with Crippen LogP contribution in [0, 0.1) is 0 Å². The molecule has 1 aromatic carbocycles. The van der Waals surface area contributed by atoms with Crippen molar-refractivity contribution in [2.75, 3.05) is 0 Å². The minimum absolute atomic E-state index is 0.652. The molecule has 0 amide bonds. The third-order valence-corrected chi connectivity index (χ3v) is 3.71. The van der Waals surface area contributed by atoms with E-state index >= 15 is 0 Å². The van der Waals surface area contributed by atoms with Crippen molar-refractivity contribution in [1.29, 1.82) is 0 Å². The highest BCUT2D eigenvalue weighted by molar-refractivity contribution is 5.36. The molecule has 88 valence electrons. The average Bonchev–Trinajstić information content (AvgIpc) is 2.28. The Morgan fingerprint density at radius 1 is 1.19 bits per heavy atom. The molecule has 0 aromatic heterocycles. The van der Waals surface area contributed by atoms with Crippen LogP contribution in [0.1, 0.15) is 56.2 Å². The van der Waals surface area contributed by atoms with Gasteiger partial charge in [0.15, 0.2) is 0 Å². The molecule has 0 radical (unpaired) electrons. The number of hydrogen-bond acceptors (Lipinski definition) is 1. The van der Waals surface area contributed by atoms with Crippen LogP contribution < -0.4 is 0 Å². The Balaban J connectivity index is 2.29. The second kappa shape index (κ2) is 4.58. The molecule has 1 atom stereocenters. The van der Waals surface area contributed by atoms with E-state index < -0.39 is 5.60 Å². The predicted molar refractivity (Wildman–Crippen MR) is 67.6 cm³/mol. The van der Waals surface area contributed by atoms with Gasteiger partial charge in [-0.2, -0.15) is 0 Å². The van der Waals surface area contributed by atoms with Crippen molar-refractivity contribution in [2.45, 2.75) is 58.0 Å². The van der Waals surface area contributed by atoms with E-state index in [2.05, 4.69) is 25.1 Å². The topological polar surface area (TPSA) is 20.2 Å². The first-order chi connectivity index (χ1) is 7.63. The molecular formula is C15H22O. The molecule has 1 nitrogen and oxygen atoms in total. The number of aryl methyl sites for hydroxylation is 2. The normalized spacial score (nSPS) is 18.9. The van der Waals surface area contributed by atoms with Gasteiger partial charge in [0, 0.05) is 0 Å². The van der Waals surface area contributed by atoms with Gasteiger partial charge in [-0.05, 0) is 55.7 Å². The molecule has 0 bridgehead atoms. The van der Waals surface area contributed by atoms with Crippen molar-refractivity contribution in [3.8, 4) is 0 Å². The van der Waals surface area contributed by atoms with Crippen molar-refractivity contribution in [3.63, 3.8) is 0 Å². The quantitative estimate of drug-likeness (QED) is 0.822. The Morgan fingerprint density at radius 3 is 2.56 bits per heavy atom. The van der Waals surface area contributed by atoms with Gasteiger partial charge in [-0.3, -0.25) is 0 Å². The lowest BCUT2D eigenvalue weighted by molar-refractivity contribution is 0.0468. The molecule has 0 aliphatic heterocycles. The first-order valence-electron chi connectivity index (χ1n) is 6.48. The maximum Gasteiger partial charge on any atom is 0.0868 e. The fourth-order valence-corrected chi connectivity index (χ4v) is 2.70. The first-order valence-corrected chi connectivity index (χ1v) is 6.48. The van der Waals surface area contributed by atoms with Gasteiger partial charge in [-0.15, -0.1) is 0 Å². The summed E-state index contributed by atoms with van der Waals surface area (Å²) in [4.78, 5) is 0. The van der Waals surface area contributed by atoms with E-state index in [-0.39, 0.29) is 0 Å². The highest BCUT2D eigenvalue weighted by Gasteiger charge is 2.23. The van der Waals surface area contributed by atoms with E-state index in [1.165, 1.54) is 36.8 Å². The lowest BCUT2D eigenvalue weighted by atomic mass is 9.85. The number of hydrogen-bond donors (Lipinski definition) is 1. The van der Waals surface area contributed by atoms with Crippen LogP contribution in [0.3, 0.4) is 0 Å². The van der Waals surface area contributed by atoms with Gasteiger partial charge in [0.05, 0.1) is 5.60 Å². The highest BCUT2D eigenvalue weighted by Crippen LogP contribution is 2.30. The molecule has 0 spiro atoms. The number of rotatable bonds is 3. The predicted octanol–water partition coefficient (Wildman–Crippen LogP) is 3.57. The summed E-state index contributed by atoms with van der Waals surface area (Å²) in [6.07, 6.45) is 6.87. The molecule has 0 saturated carbocycles. The summed E-state index contributed by atoms with van der Waals surface area (Å²) in [6, 6.07) is 6.55. The second-order valence-corrected chi connectivity index (χ2v) is 5.21. The van der Waals surface area contributed by atoms with Crippen molar-refractivity contribution >= 4 is 0 Å². The lowest BCUT2D eigenvalue weighted by Crippen LogP contribution is -2.21. The molecule has 1 aliphatic carbocycles. The van der Waals surface area contributed by atoms with Gasteiger partial charge in [0.1, 0.15) is 0 Å². The standard InChI is InChI=1S/C15H22O/c1-3-10-15(2,16)14-9-8-12-6-4-5-7-13(12)11-14/h8-9,11,16H,3-7,10H2,1-2H3. The summed E-state index contributed by atoms with van der Waals surface area (Å²) in [5.74, 6) is 0. The van der Waals surface area contributed by atoms with Crippen LogP contribution in [-0.2, 0) is 18.4 Å². The molecule has 1 aliphatic rings. The van der Waals surface area contributed by atoms with Gasteiger partial charge in [0.25, 0.3) is 0 Å². The van der Waals surface area contributed by atoms with Crippen molar-refractivity contribution in [2.24, 2.45) is 0 Å². The minimum Gasteiger partial charge on any atom is -0.385 e. The van der Waals surface area contributed by atoms with Crippen LogP contribution in [0.2, 0.25) is 0 Å². The zero-order chi connectivity index (χ0) is 11.6. The van der Waals surface area contributed by atoms with Crippen molar-refractivity contribution < 1.29 is 5.11 Å². The fraction of sp³-hybridized carbons (Fsp3) is 0.600. The summed E-state index contributed by atoms with van der Waals surface area (Å²) in [6.45, 7) is 4.05. The van der Waals surface area contributed by atoms with Crippen molar-refractivity contribution in [1.82, 2.24) is 0 Å². The monoisotopic (exact) mass is 218 g/mol. The zero-order valence-electron chi connectivity index (χ0n) is 10.4. The second-order valence-electron chi connectivity index (χ2n) is 5.21. The van der Waals surface area contributed by atoms with E-state index in [1.54, 1.807) is 0 Å². The minimum atomic E-state index is -0.652. The van der Waals surface area contributed by atoms with E-state index in [4.69, 9.17) is 0 Å². The zero-order valence-corrected chi connectivity index (χ0v) is 10.4. The molecule has 0 fully saturated rings. The maximum absolute atomic E-state index is 10.4. The Morgan fingerprint density at radius 2 is 1.88 bits per heavy atom. The molecular weight excluding hydrogens is 196 g/mol. The van der Waals surface area contributed by atoms with E-state index in [1.807, 2.05) is 6.92 Å². The van der Waals surface area contributed by atoms with Gasteiger partial charge in [0.2, 0.25) is 0 Å². The maximum atomic E-state index is 10.4. The average molecular weight is 218 g/mol. The molecule has 1 heteroatoms. The molecule has 0 saturated heterocycles. The summed E-state index contributed by atoms with van der Waals surface area (Å²) < 4.78 is 0. The summed E-state index contributed by atoms with van der Waals surface area (Å²) in [7, 11) is 0. The molecule has 1 unspecified atom stereocenters. The molecule has 16 heavy (non-hydrogen) atoms. The number of benzene rings is 1. The first kappa shape index (κ1) is 11.7. The molecule has 0 heterocycles. The van der Waals surface area contributed by atoms with Crippen LogP contribution in [0.5, 0.6) is 0 Å². The number of fused-ring (bicyclic) bond motifs is 1. The lowest BCUT2D eigenvalue weighted by Gasteiger charge is -2.26. The number of aliphatic hydroxyl groups is 1.